The number of nitrogens with zero attached hydrogens (tertiary/aromatic N) is 5. The van der Waals surface area contributed by atoms with Gasteiger partial charge >= 0.3 is 0 Å². The molecule has 1 atom stereocenters. The molecule has 0 unspecified atom stereocenters. The minimum atomic E-state index is -0.633. The van der Waals surface area contributed by atoms with Gasteiger partial charge < -0.3 is 24.6 Å². The molecule has 0 radical (unpaired) electrons. The van der Waals surface area contributed by atoms with Crippen LogP contribution in [-0.4, -0.2) is 70.8 Å². The average molecular weight is 525 g/mol. The first-order chi connectivity index (χ1) is 18.0. The molecule has 3 aliphatic heterocycles. The monoisotopic (exact) mass is 524 g/mol. The predicted molar refractivity (Wildman–Crippen MR) is 138 cm³/mol. The van der Waals surface area contributed by atoms with E-state index in [0.29, 0.717) is 49.8 Å². The van der Waals surface area contributed by atoms with Crippen LogP contribution in [0.4, 0.5) is 21.7 Å². The van der Waals surface area contributed by atoms with E-state index in [4.69, 9.17) is 26.1 Å². The summed E-state index contributed by atoms with van der Waals surface area (Å²) in [4.78, 5) is 29.5. The molecule has 0 bridgehead atoms. The van der Waals surface area contributed by atoms with Gasteiger partial charge in [-0.05, 0) is 43.2 Å². The normalized spacial score (nSPS) is 20.0. The Labute approximate surface area is 218 Å². The third-order valence-corrected chi connectivity index (χ3v) is 7.73. The van der Waals surface area contributed by atoms with Gasteiger partial charge in [-0.3, -0.25) is 4.79 Å². The van der Waals surface area contributed by atoms with Gasteiger partial charge in [-0.15, -0.1) is 0 Å². The fraction of sp³-hybridized carbons (Fsp3) is 0.385. The summed E-state index contributed by atoms with van der Waals surface area (Å²) in [6.07, 6.45) is 4.64. The lowest BCUT2D eigenvalue weighted by atomic mass is 9.77. The molecule has 0 aliphatic carbocycles. The Balaban J connectivity index is 1.20. The van der Waals surface area contributed by atoms with Gasteiger partial charge in [0.15, 0.2) is 11.6 Å². The third-order valence-electron chi connectivity index (χ3n) is 7.37. The number of nitrogens with one attached hydrogen (secondary N) is 1. The Morgan fingerprint density at radius 3 is 2.92 bits per heavy atom. The second-order valence-electron chi connectivity index (χ2n) is 9.69. The first kappa shape index (κ1) is 23.9. The first-order valence-corrected chi connectivity index (χ1v) is 12.6. The number of halogens is 2. The lowest BCUT2D eigenvalue weighted by Crippen LogP contribution is -2.78. The van der Waals surface area contributed by atoms with Gasteiger partial charge in [-0.2, -0.15) is 0 Å². The van der Waals surface area contributed by atoms with E-state index in [9.17, 15) is 4.79 Å². The zero-order chi connectivity index (χ0) is 25.6. The summed E-state index contributed by atoms with van der Waals surface area (Å²) in [5.41, 5.74) is 1.13. The van der Waals surface area contributed by atoms with Crippen molar-refractivity contribution in [1.82, 2.24) is 19.9 Å². The van der Waals surface area contributed by atoms with Gasteiger partial charge in [0.25, 0.3) is 0 Å². The van der Waals surface area contributed by atoms with Crippen LogP contribution in [0, 0.1) is 11.7 Å². The van der Waals surface area contributed by atoms with E-state index in [-0.39, 0.29) is 33.8 Å². The van der Waals surface area contributed by atoms with Crippen LogP contribution in [0.3, 0.4) is 0 Å². The molecule has 3 aromatic rings. The molecule has 3 saturated heterocycles. The summed E-state index contributed by atoms with van der Waals surface area (Å²) < 4.78 is 26.3. The van der Waals surface area contributed by atoms with Crippen molar-refractivity contribution in [2.24, 2.45) is 5.92 Å². The van der Waals surface area contributed by atoms with Crippen LogP contribution in [-0.2, 0) is 9.53 Å². The van der Waals surface area contributed by atoms with Crippen molar-refractivity contribution < 1.29 is 18.7 Å². The largest absolute Gasteiger partial charge is 0.492 e. The van der Waals surface area contributed by atoms with Gasteiger partial charge in [0.05, 0.1) is 30.0 Å². The lowest BCUT2D eigenvalue weighted by molar-refractivity contribution is -0.144. The van der Waals surface area contributed by atoms with E-state index < -0.39 is 5.82 Å². The number of aromatic nitrogens is 3. The number of pyridine rings is 1. The van der Waals surface area contributed by atoms with Crippen LogP contribution >= 0.6 is 11.6 Å². The molecule has 1 spiro atoms. The SMILES string of the molecule is C=CC(=O)N1CCC12CN(c1ccc3ncnc(Nc4ccc(OC[C@@H]5CCOC5)c(Cl)c4F)c3n1)C2. The number of carbonyl (C=O) groups is 1. The van der Waals surface area contributed by atoms with E-state index in [1.165, 1.54) is 12.4 Å². The van der Waals surface area contributed by atoms with Gasteiger partial charge in [0.1, 0.15) is 28.4 Å². The van der Waals surface area contributed by atoms with Crippen molar-refractivity contribution in [3.05, 3.63) is 54.1 Å². The van der Waals surface area contributed by atoms with Crippen molar-refractivity contribution >= 4 is 45.9 Å². The van der Waals surface area contributed by atoms with Crippen molar-refractivity contribution in [2.75, 3.05) is 49.7 Å². The number of benzene rings is 1. The second-order valence-corrected chi connectivity index (χ2v) is 10.1. The number of fused-ring (bicyclic) bond motifs is 1. The minimum Gasteiger partial charge on any atom is -0.492 e. The molecule has 1 N–H and O–H groups in total. The molecule has 5 heterocycles. The highest BCUT2D eigenvalue weighted by atomic mass is 35.5. The summed E-state index contributed by atoms with van der Waals surface area (Å²) >= 11 is 6.29. The molecule has 0 saturated carbocycles. The molecule has 3 aliphatic rings. The highest BCUT2D eigenvalue weighted by Crippen LogP contribution is 2.41. The van der Waals surface area contributed by atoms with Crippen LogP contribution in [0.25, 0.3) is 11.0 Å². The van der Waals surface area contributed by atoms with Crippen LogP contribution in [0.15, 0.2) is 43.2 Å². The van der Waals surface area contributed by atoms with E-state index in [0.717, 1.165) is 25.2 Å². The fourth-order valence-corrected chi connectivity index (χ4v) is 5.36. The molecule has 2 aromatic heterocycles. The van der Waals surface area contributed by atoms with Crippen LogP contribution in [0.2, 0.25) is 5.02 Å². The maximum absolute atomic E-state index is 15.2. The van der Waals surface area contributed by atoms with Gasteiger partial charge in [-0.25, -0.2) is 19.3 Å². The maximum Gasteiger partial charge on any atom is 0.246 e. The molecular weight excluding hydrogens is 499 g/mol. The van der Waals surface area contributed by atoms with Crippen molar-refractivity contribution in [2.45, 2.75) is 18.4 Å². The van der Waals surface area contributed by atoms with Gasteiger partial charge in [-0.1, -0.05) is 18.2 Å². The van der Waals surface area contributed by atoms with Crippen molar-refractivity contribution in [1.29, 1.82) is 0 Å². The zero-order valence-electron chi connectivity index (χ0n) is 20.1. The van der Waals surface area contributed by atoms with Crippen LogP contribution in [0.1, 0.15) is 12.8 Å². The summed E-state index contributed by atoms with van der Waals surface area (Å²) in [6.45, 7) is 7.52. The van der Waals surface area contributed by atoms with E-state index >= 15 is 4.39 Å². The predicted octanol–water partition coefficient (Wildman–Crippen LogP) is 3.95. The molecule has 37 heavy (non-hydrogen) atoms. The molecule has 1 aromatic carbocycles. The zero-order valence-corrected chi connectivity index (χ0v) is 20.9. The molecular formula is C26H26ClFN6O3. The molecule has 6 rings (SSSR count). The number of amides is 1. The number of anilines is 3. The van der Waals surface area contributed by atoms with Crippen LogP contribution < -0.4 is 15.0 Å². The number of carbonyl (C=O) groups excluding carboxylic acids is 1. The van der Waals surface area contributed by atoms with Crippen molar-refractivity contribution in [3.63, 3.8) is 0 Å². The number of likely N-dealkylation sites (tertiary alicyclic amines) is 1. The number of rotatable bonds is 7. The molecule has 11 heteroatoms. The Morgan fingerprint density at radius 2 is 2.19 bits per heavy atom. The number of hydrogen-bond acceptors (Lipinski definition) is 8. The Kier molecular flexibility index (Phi) is 6.08. The number of hydrogen-bond donors (Lipinski definition) is 1. The fourth-order valence-electron chi connectivity index (χ4n) is 5.14. The highest BCUT2D eigenvalue weighted by Gasteiger charge is 2.55. The molecule has 1 amide bonds. The quantitative estimate of drug-likeness (QED) is 0.464. The average Bonchev–Trinajstić information content (AvgIpc) is 3.39. The molecule has 192 valence electrons. The van der Waals surface area contributed by atoms with E-state index in [1.807, 2.05) is 17.0 Å². The standard InChI is InChI=1S/C26H26ClFN6O3/c1-2-21(35)34-9-8-26(34)13-33(14-26)20-6-4-18-24(32-20)25(30-15-29-18)31-17-3-5-19(22(27)23(17)28)37-12-16-7-10-36-11-16/h2-6,15-16H,1,7-14H2,(H,29,30,31)/t16-/m1/s1. The topological polar surface area (TPSA) is 92.7 Å². The summed E-state index contributed by atoms with van der Waals surface area (Å²) in [5, 5.41) is 2.92. The Bertz CT molecular complexity index is 1380. The Morgan fingerprint density at radius 1 is 1.32 bits per heavy atom. The van der Waals surface area contributed by atoms with E-state index in [1.54, 1.807) is 12.1 Å². The lowest BCUT2D eigenvalue weighted by Gasteiger charge is -2.62. The van der Waals surface area contributed by atoms with Crippen LogP contribution in [0.5, 0.6) is 5.75 Å². The smallest absolute Gasteiger partial charge is 0.246 e. The van der Waals surface area contributed by atoms with Gasteiger partial charge in [0.2, 0.25) is 5.91 Å². The maximum atomic E-state index is 15.2. The second kappa shape index (κ2) is 9.42. The molecule has 3 fully saturated rings. The first-order valence-electron chi connectivity index (χ1n) is 12.2. The summed E-state index contributed by atoms with van der Waals surface area (Å²) in [6, 6.07) is 6.96. The van der Waals surface area contributed by atoms with Crippen molar-refractivity contribution in [3.8, 4) is 5.75 Å². The molecule has 9 nitrogen and oxygen atoms in total. The summed E-state index contributed by atoms with van der Waals surface area (Å²) in [7, 11) is 0. The highest BCUT2D eigenvalue weighted by molar-refractivity contribution is 6.32. The number of ether oxygens (including phenoxy) is 2. The Hall–Kier alpha value is -3.50. The minimum absolute atomic E-state index is 0.0399. The summed E-state index contributed by atoms with van der Waals surface area (Å²) in [5.74, 6) is 0.998. The third kappa shape index (κ3) is 4.23. The van der Waals surface area contributed by atoms with Gasteiger partial charge in [0, 0.05) is 32.2 Å². The van der Waals surface area contributed by atoms with E-state index in [2.05, 4.69) is 26.8 Å².